The van der Waals surface area contributed by atoms with Gasteiger partial charge < -0.3 is 14.9 Å². The highest BCUT2D eigenvalue weighted by atomic mass is 19.1. The van der Waals surface area contributed by atoms with Crippen molar-refractivity contribution in [2.24, 2.45) is 5.41 Å². The third kappa shape index (κ3) is 3.78. The highest BCUT2D eigenvalue weighted by Gasteiger charge is 2.43. The van der Waals surface area contributed by atoms with Gasteiger partial charge in [-0.15, -0.1) is 0 Å². The highest BCUT2D eigenvalue weighted by molar-refractivity contribution is 5.53. The van der Waals surface area contributed by atoms with Crippen LogP contribution in [0, 0.1) is 11.2 Å². The molecular weight excluding hydrogens is 423 g/mol. The van der Waals surface area contributed by atoms with E-state index < -0.39 is 0 Å². The predicted molar refractivity (Wildman–Crippen MR) is 135 cm³/mol. The van der Waals surface area contributed by atoms with Gasteiger partial charge in [0.05, 0.1) is 0 Å². The highest BCUT2D eigenvalue weighted by Crippen LogP contribution is 2.48. The quantitative estimate of drug-likeness (QED) is 0.530. The minimum absolute atomic E-state index is 0.0593. The lowest BCUT2D eigenvalue weighted by Gasteiger charge is -2.53. The van der Waals surface area contributed by atoms with Gasteiger partial charge >= 0.3 is 0 Å². The Balaban J connectivity index is 1.32. The van der Waals surface area contributed by atoms with Crippen LogP contribution < -0.4 is 4.90 Å². The SMILES string of the molecule is CN1CC2(CCN(c3ccc(C4c5ccc(O)cc5CCC4c4ccccc4)c(F)c3)CC2)C1. The molecule has 3 aliphatic rings. The molecule has 3 nitrogen and oxygen atoms in total. The molecule has 1 N–H and O–H groups in total. The zero-order chi connectivity index (χ0) is 23.3. The standard InChI is InChI=1S/C30H33FN2O/c1-32-19-30(20-32)13-15-33(16-14-30)23-8-11-27(28(31)18-23)29-25(21-5-3-2-4-6-21)10-7-22-17-24(34)9-12-26(22)29/h2-6,8-9,11-12,17-18,25,29,34H,7,10,13-16,19-20H2,1H3. The molecule has 2 aliphatic heterocycles. The largest absolute Gasteiger partial charge is 0.508 e. The van der Waals surface area contributed by atoms with E-state index in [0.717, 1.165) is 48.3 Å². The number of nitrogens with zero attached hydrogens (tertiary/aromatic N) is 2. The summed E-state index contributed by atoms with van der Waals surface area (Å²) >= 11 is 0. The van der Waals surface area contributed by atoms with Crippen LogP contribution in [0.5, 0.6) is 5.75 Å². The molecule has 3 aromatic carbocycles. The number of likely N-dealkylation sites (tertiary alicyclic amines) is 1. The van der Waals surface area contributed by atoms with Gasteiger partial charge in [-0.05, 0) is 90.6 Å². The monoisotopic (exact) mass is 456 g/mol. The molecule has 0 radical (unpaired) electrons. The number of benzene rings is 3. The van der Waals surface area contributed by atoms with Crippen LogP contribution in [0.1, 0.15) is 53.4 Å². The van der Waals surface area contributed by atoms with E-state index in [1.165, 1.54) is 31.5 Å². The Hall–Kier alpha value is -2.85. The first-order valence-corrected chi connectivity index (χ1v) is 12.6. The summed E-state index contributed by atoms with van der Waals surface area (Å²) in [6, 6.07) is 22.0. The smallest absolute Gasteiger partial charge is 0.129 e. The number of hydrogen-bond acceptors (Lipinski definition) is 3. The molecule has 3 aromatic rings. The summed E-state index contributed by atoms with van der Waals surface area (Å²) in [4.78, 5) is 4.76. The van der Waals surface area contributed by atoms with Crippen molar-refractivity contribution in [3.8, 4) is 5.75 Å². The molecule has 1 aliphatic carbocycles. The van der Waals surface area contributed by atoms with Crippen molar-refractivity contribution in [2.45, 2.75) is 37.5 Å². The van der Waals surface area contributed by atoms with Crippen molar-refractivity contribution in [1.82, 2.24) is 4.90 Å². The minimum atomic E-state index is -0.118. The summed E-state index contributed by atoms with van der Waals surface area (Å²) in [7, 11) is 2.19. The zero-order valence-electron chi connectivity index (χ0n) is 19.9. The topological polar surface area (TPSA) is 26.7 Å². The maximum atomic E-state index is 15.8. The Kier molecular flexibility index (Phi) is 5.37. The Morgan fingerprint density at radius 3 is 2.35 bits per heavy atom. The number of phenols is 1. The Bertz CT molecular complexity index is 1180. The maximum Gasteiger partial charge on any atom is 0.129 e. The summed E-state index contributed by atoms with van der Waals surface area (Å²) in [5.41, 5.74) is 5.77. The van der Waals surface area contributed by atoms with Gasteiger partial charge in [-0.1, -0.05) is 42.5 Å². The van der Waals surface area contributed by atoms with Crippen molar-refractivity contribution < 1.29 is 9.50 Å². The number of fused-ring (bicyclic) bond motifs is 1. The fourth-order valence-electron chi connectivity index (χ4n) is 6.87. The second kappa shape index (κ2) is 8.42. The van der Waals surface area contributed by atoms with Gasteiger partial charge in [0, 0.05) is 37.8 Å². The number of rotatable bonds is 3. The number of piperidine rings is 1. The van der Waals surface area contributed by atoms with Crippen molar-refractivity contribution in [3.05, 3.63) is 94.8 Å². The molecule has 0 bridgehead atoms. The zero-order valence-corrected chi connectivity index (χ0v) is 19.9. The molecule has 2 atom stereocenters. The molecule has 2 heterocycles. The molecule has 2 unspecified atom stereocenters. The first kappa shape index (κ1) is 21.7. The summed E-state index contributed by atoms with van der Waals surface area (Å²) in [6.07, 6.45) is 4.21. The van der Waals surface area contributed by atoms with E-state index in [4.69, 9.17) is 0 Å². The van der Waals surface area contributed by atoms with Crippen molar-refractivity contribution in [3.63, 3.8) is 0 Å². The maximum absolute atomic E-state index is 15.8. The van der Waals surface area contributed by atoms with Crippen molar-refractivity contribution >= 4 is 5.69 Å². The van der Waals surface area contributed by atoms with Crippen LogP contribution in [-0.4, -0.2) is 43.2 Å². The molecule has 6 rings (SSSR count). The van der Waals surface area contributed by atoms with Gasteiger partial charge in [0.25, 0.3) is 0 Å². The molecule has 2 fully saturated rings. The van der Waals surface area contributed by atoms with Crippen LogP contribution >= 0.6 is 0 Å². The summed E-state index contributed by atoms with van der Waals surface area (Å²) in [5.74, 6) is 0.319. The van der Waals surface area contributed by atoms with Gasteiger partial charge in [-0.25, -0.2) is 4.39 Å². The van der Waals surface area contributed by atoms with Gasteiger partial charge in [-0.3, -0.25) is 0 Å². The van der Waals surface area contributed by atoms with Crippen LogP contribution in [0.15, 0.2) is 66.7 Å². The number of aryl methyl sites for hydroxylation is 1. The van der Waals surface area contributed by atoms with Crippen LogP contribution in [0.25, 0.3) is 0 Å². The minimum Gasteiger partial charge on any atom is -0.508 e. The molecule has 1 spiro atoms. The first-order chi connectivity index (χ1) is 16.5. The van der Waals surface area contributed by atoms with E-state index >= 15 is 4.39 Å². The molecular formula is C30H33FN2O. The van der Waals surface area contributed by atoms with Crippen LogP contribution in [0.2, 0.25) is 0 Å². The fraction of sp³-hybridized carbons (Fsp3) is 0.400. The fourth-order valence-corrected chi connectivity index (χ4v) is 6.87. The lowest BCUT2D eigenvalue weighted by Crippen LogP contribution is -2.58. The lowest BCUT2D eigenvalue weighted by atomic mass is 9.69. The van der Waals surface area contributed by atoms with Crippen LogP contribution in [0.3, 0.4) is 0 Å². The summed E-state index contributed by atoms with van der Waals surface area (Å²) in [5, 5.41) is 10.1. The Labute approximate surface area is 201 Å². The van der Waals surface area contributed by atoms with Crippen LogP contribution in [0.4, 0.5) is 10.1 Å². The van der Waals surface area contributed by atoms with E-state index in [2.05, 4.69) is 47.2 Å². The van der Waals surface area contributed by atoms with Gasteiger partial charge in [0.1, 0.15) is 11.6 Å². The summed E-state index contributed by atoms with van der Waals surface area (Å²) in [6.45, 7) is 4.41. The van der Waals surface area contributed by atoms with Crippen molar-refractivity contribution in [1.29, 1.82) is 0 Å². The van der Waals surface area contributed by atoms with Crippen molar-refractivity contribution in [2.75, 3.05) is 38.1 Å². The van der Waals surface area contributed by atoms with Gasteiger partial charge in [-0.2, -0.15) is 0 Å². The predicted octanol–water partition coefficient (Wildman–Crippen LogP) is 5.93. The average Bonchev–Trinajstić information content (AvgIpc) is 2.83. The number of halogens is 1. The normalized spacial score (nSPS) is 24.0. The Morgan fingerprint density at radius 1 is 0.912 bits per heavy atom. The number of phenolic OH excluding ortho intramolecular Hbond substituents is 1. The summed E-state index contributed by atoms with van der Waals surface area (Å²) < 4.78 is 15.8. The van der Waals surface area contributed by atoms with E-state index in [1.807, 2.05) is 24.3 Å². The third-order valence-corrected chi connectivity index (χ3v) is 8.54. The number of anilines is 1. The van der Waals surface area contributed by atoms with E-state index in [0.29, 0.717) is 5.41 Å². The molecule has 4 heteroatoms. The molecule has 0 aromatic heterocycles. The number of hydrogen-bond donors (Lipinski definition) is 1. The second-order valence-corrected chi connectivity index (χ2v) is 10.8. The van der Waals surface area contributed by atoms with E-state index in [1.54, 1.807) is 12.1 Å². The lowest BCUT2D eigenvalue weighted by molar-refractivity contribution is 0.00131. The van der Waals surface area contributed by atoms with Gasteiger partial charge in [0.15, 0.2) is 0 Å². The molecule has 0 saturated carbocycles. The van der Waals surface area contributed by atoms with Crippen LogP contribution in [-0.2, 0) is 6.42 Å². The first-order valence-electron chi connectivity index (χ1n) is 12.6. The molecule has 176 valence electrons. The second-order valence-electron chi connectivity index (χ2n) is 10.8. The van der Waals surface area contributed by atoms with E-state index in [9.17, 15) is 5.11 Å². The molecule has 0 amide bonds. The molecule has 2 saturated heterocycles. The average molecular weight is 457 g/mol. The third-order valence-electron chi connectivity index (χ3n) is 8.54. The van der Waals surface area contributed by atoms with Gasteiger partial charge in [0.2, 0.25) is 0 Å². The Morgan fingerprint density at radius 2 is 1.65 bits per heavy atom. The van der Waals surface area contributed by atoms with E-state index in [-0.39, 0.29) is 23.4 Å². The molecule has 34 heavy (non-hydrogen) atoms. The number of aromatic hydroxyl groups is 1.